The van der Waals surface area contributed by atoms with E-state index in [1.54, 1.807) is 14.0 Å². The van der Waals surface area contributed by atoms with Gasteiger partial charge in [-0.1, -0.05) is 0 Å². The standard InChI is InChI=1S/C11H23NO4/c1-4-16-11(13)10-15-9-7-12(2)6-5-8-14-3/h4-10H2,1-3H3. The molecular formula is C11H23NO4. The first-order valence-electron chi connectivity index (χ1n) is 5.61. The van der Waals surface area contributed by atoms with Crippen LogP contribution in [0.5, 0.6) is 0 Å². The lowest BCUT2D eigenvalue weighted by Gasteiger charge is -2.15. The first-order valence-corrected chi connectivity index (χ1v) is 5.61. The number of methoxy groups -OCH3 is 1. The number of hydrogen-bond donors (Lipinski definition) is 0. The fraction of sp³-hybridized carbons (Fsp3) is 0.909. The molecule has 0 fully saturated rings. The molecule has 0 aromatic heterocycles. The topological polar surface area (TPSA) is 48.0 Å². The predicted octanol–water partition coefficient (Wildman–Crippen LogP) is 0.534. The highest BCUT2D eigenvalue weighted by Crippen LogP contribution is 1.89. The van der Waals surface area contributed by atoms with E-state index in [-0.39, 0.29) is 12.6 Å². The van der Waals surface area contributed by atoms with Gasteiger partial charge in [-0.3, -0.25) is 0 Å². The second kappa shape index (κ2) is 10.9. The lowest BCUT2D eigenvalue weighted by Crippen LogP contribution is -2.26. The molecule has 0 aliphatic heterocycles. The van der Waals surface area contributed by atoms with Gasteiger partial charge in [-0.15, -0.1) is 0 Å². The number of likely N-dealkylation sites (N-methyl/N-ethyl adjacent to an activating group) is 1. The highest BCUT2D eigenvalue weighted by Gasteiger charge is 2.02. The van der Waals surface area contributed by atoms with Crippen molar-refractivity contribution < 1.29 is 19.0 Å². The first-order chi connectivity index (χ1) is 7.70. The largest absolute Gasteiger partial charge is 0.464 e. The molecule has 0 N–H and O–H groups in total. The van der Waals surface area contributed by atoms with Crippen LogP contribution in [0, 0.1) is 0 Å². The first kappa shape index (κ1) is 15.3. The molecule has 16 heavy (non-hydrogen) atoms. The maximum Gasteiger partial charge on any atom is 0.332 e. The van der Waals surface area contributed by atoms with Gasteiger partial charge >= 0.3 is 5.97 Å². The van der Waals surface area contributed by atoms with Gasteiger partial charge in [0, 0.05) is 26.8 Å². The summed E-state index contributed by atoms with van der Waals surface area (Å²) < 4.78 is 14.9. The SMILES string of the molecule is CCOC(=O)COCCN(C)CCCOC. The maximum absolute atomic E-state index is 10.9. The molecule has 0 amide bonds. The quantitative estimate of drug-likeness (QED) is 0.407. The Labute approximate surface area is 97.7 Å². The van der Waals surface area contributed by atoms with Crippen molar-refractivity contribution >= 4 is 5.97 Å². The molecule has 5 nitrogen and oxygen atoms in total. The van der Waals surface area contributed by atoms with Gasteiger partial charge in [-0.05, 0) is 20.4 Å². The van der Waals surface area contributed by atoms with Gasteiger partial charge < -0.3 is 19.1 Å². The number of carbonyl (C=O) groups is 1. The van der Waals surface area contributed by atoms with Crippen LogP contribution in [0.3, 0.4) is 0 Å². The van der Waals surface area contributed by atoms with Crippen LogP contribution in [-0.2, 0) is 19.0 Å². The van der Waals surface area contributed by atoms with Gasteiger partial charge in [-0.2, -0.15) is 0 Å². The Kier molecular flexibility index (Phi) is 10.4. The van der Waals surface area contributed by atoms with Crippen molar-refractivity contribution in [3.05, 3.63) is 0 Å². The van der Waals surface area contributed by atoms with Crippen molar-refractivity contribution in [2.24, 2.45) is 0 Å². The summed E-state index contributed by atoms with van der Waals surface area (Å²) in [5.41, 5.74) is 0. The number of nitrogens with zero attached hydrogens (tertiary/aromatic N) is 1. The molecule has 0 aromatic carbocycles. The second-order valence-corrected chi connectivity index (χ2v) is 3.51. The van der Waals surface area contributed by atoms with Gasteiger partial charge in [0.05, 0.1) is 13.2 Å². The minimum atomic E-state index is -0.301. The Balaban J connectivity index is 3.26. The van der Waals surface area contributed by atoms with E-state index in [0.29, 0.717) is 13.2 Å². The third kappa shape index (κ3) is 9.89. The number of ether oxygens (including phenoxy) is 3. The molecule has 0 aliphatic rings. The lowest BCUT2D eigenvalue weighted by molar-refractivity contribution is -0.148. The molecule has 0 rings (SSSR count). The summed E-state index contributed by atoms with van der Waals surface area (Å²) in [5, 5.41) is 0. The highest BCUT2D eigenvalue weighted by atomic mass is 16.6. The number of rotatable bonds is 10. The van der Waals surface area contributed by atoms with Crippen LogP contribution < -0.4 is 0 Å². The fourth-order valence-corrected chi connectivity index (χ4v) is 1.17. The summed E-state index contributed by atoms with van der Waals surface area (Å²) in [6.45, 7) is 5.32. The van der Waals surface area contributed by atoms with Crippen LogP contribution in [0.4, 0.5) is 0 Å². The van der Waals surface area contributed by atoms with Crippen molar-refractivity contribution in [1.82, 2.24) is 4.90 Å². The van der Waals surface area contributed by atoms with Crippen LogP contribution in [0.1, 0.15) is 13.3 Å². The molecular weight excluding hydrogens is 210 g/mol. The second-order valence-electron chi connectivity index (χ2n) is 3.51. The zero-order valence-electron chi connectivity index (χ0n) is 10.5. The number of hydrogen-bond acceptors (Lipinski definition) is 5. The van der Waals surface area contributed by atoms with Crippen molar-refractivity contribution in [3.8, 4) is 0 Å². The Morgan fingerprint density at radius 3 is 2.62 bits per heavy atom. The molecule has 0 aliphatic carbocycles. The van der Waals surface area contributed by atoms with Crippen LogP contribution in [0.2, 0.25) is 0 Å². The average molecular weight is 233 g/mol. The van der Waals surface area contributed by atoms with Crippen molar-refractivity contribution in [2.75, 3.05) is 53.7 Å². The molecule has 0 heterocycles. The molecule has 0 bridgehead atoms. The van der Waals surface area contributed by atoms with E-state index in [0.717, 1.165) is 26.1 Å². The molecule has 0 saturated carbocycles. The Hall–Kier alpha value is -0.650. The Morgan fingerprint density at radius 2 is 2.00 bits per heavy atom. The maximum atomic E-state index is 10.9. The van der Waals surface area contributed by atoms with Gasteiger partial charge in [0.2, 0.25) is 0 Å². The predicted molar refractivity (Wildman–Crippen MR) is 61.4 cm³/mol. The van der Waals surface area contributed by atoms with Gasteiger partial charge in [0.25, 0.3) is 0 Å². The van der Waals surface area contributed by atoms with Crippen LogP contribution >= 0.6 is 0 Å². The van der Waals surface area contributed by atoms with E-state index < -0.39 is 0 Å². The normalized spacial score (nSPS) is 10.8. The van der Waals surface area contributed by atoms with Crippen LogP contribution in [0.25, 0.3) is 0 Å². The van der Waals surface area contributed by atoms with E-state index in [4.69, 9.17) is 14.2 Å². The molecule has 0 aromatic rings. The summed E-state index contributed by atoms with van der Waals surface area (Å²) in [7, 11) is 3.71. The van der Waals surface area contributed by atoms with E-state index in [1.165, 1.54) is 0 Å². The van der Waals surface area contributed by atoms with E-state index in [9.17, 15) is 4.79 Å². The Bertz CT molecular complexity index is 175. The van der Waals surface area contributed by atoms with Crippen LogP contribution in [-0.4, -0.2) is 64.5 Å². The summed E-state index contributed by atoms with van der Waals surface area (Å²) in [6, 6.07) is 0. The summed E-state index contributed by atoms with van der Waals surface area (Å²) in [4.78, 5) is 13.1. The molecule has 0 atom stereocenters. The van der Waals surface area contributed by atoms with Gasteiger partial charge in [0.1, 0.15) is 6.61 Å². The van der Waals surface area contributed by atoms with Gasteiger partial charge in [0.15, 0.2) is 0 Å². The van der Waals surface area contributed by atoms with Crippen LogP contribution in [0.15, 0.2) is 0 Å². The van der Waals surface area contributed by atoms with Crippen molar-refractivity contribution in [1.29, 1.82) is 0 Å². The smallest absolute Gasteiger partial charge is 0.332 e. The molecule has 0 unspecified atom stereocenters. The zero-order valence-corrected chi connectivity index (χ0v) is 10.5. The average Bonchev–Trinajstić information content (AvgIpc) is 2.25. The van der Waals surface area contributed by atoms with Gasteiger partial charge in [-0.25, -0.2) is 4.79 Å². The third-order valence-corrected chi connectivity index (χ3v) is 2.03. The molecule has 96 valence electrons. The molecule has 0 radical (unpaired) electrons. The lowest BCUT2D eigenvalue weighted by atomic mass is 10.4. The van der Waals surface area contributed by atoms with Crippen molar-refractivity contribution in [3.63, 3.8) is 0 Å². The minimum Gasteiger partial charge on any atom is -0.464 e. The summed E-state index contributed by atoms with van der Waals surface area (Å²) in [5.74, 6) is -0.301. The third-order valence-electron chi connectivity index (χ3n) is 2.03. The Morgan fingerprint density at radius 1 is 1.25 bits per heavy atom. The summed E-state index contributed by atoms with van der Waals surface area (Å²) in [6.07, 6.45) is 1.00. The monoisotopic (exact) mass is 233 g/mol. The van der Waals surface area contributed by atoms with E-state index in [2.05, 4.69) is 4.90 Å². The summed E-state index contributed by atoms with van der Waals surface area (Å²) >= 11 is 0. The molecule has 0 spiro atoms. The molecule has 0 saturated heterocycles. The molecule has 5 heteroatoms. The van der Waals surface area contributed by atoms with E-state index in [1.807, 2.05) is 7.05 Å². The number of esters is 1. The minimum absolute atomic E-state index is 0.0414. The highest BCUT2D eigenvalue weighted by molar-refractivity contribution is 5.70. The van der Waals surface area contributed by atoms with Crippen molar-refractivity contribution in [2.45, 2.75) is 13.3 Å². The zero-order chi connectivity index (χ0) is 12.2. The van der Waals surface area contributed by atoms with E-state index >= 15 is 0 Å². The number of carbonyl (C=O) groups excluding carboxylic acids is 1. The fourth-order valence-electron chi connectivity index (χ4n) is 1.17.